The van der Waals surface area contributed by atoms with Crippen molar-refractivity contribution in [3.05, 3.63) is 35.9 Å². The van der Waals surface area contributed by atoms with Gasteiger partial charge in [-0.2, -0.15) is 0 Å². The van der Waals surface area contributed by atoms with Gasteiger partial charge < -0.3 is 9.73 Å². The normalized spacial score (nSPS) is 21.3. The van der Waals surface area contributed by atoms with Gasteiger partial charge in [0.25, 0.3) is 0 Å². The lowest BCUT2D eigenvalue weighted by molar-refractivity contribution is 0.355. The van der Waals surface area contributed by atoms with Crippen LogP contribution >= 0.6 is 0 Å². The van der Waals surface area contributed by atoms with Gasteiger partial charge in [-0.15, -0.1) is 0 Å². The number of nitrogens with zero attached hydrogens (tertiary/aromatic N) is 1. The van der Waals surface area contributed by atoms with Crippen LogP contribution in [0.4, 0.5) is 4.39 Å². The molecule has 0 amide bonds. The lowest BCUT2D eigenvalue weighted by atomic mass is 10.1. The summed E-state index contributed by atoms with van der Waals surface area (Å²) >= 11 is 0. The molecule has 8 heteroatoms. The van der Waals surface area contributed by atoms with Crippen molar-refractivity contribution in [1.82, 2.24) is 15.0 Å². The maximum Gasteiger partial charge on any atom is 0.240 e. The number of sulfonamides is 1. The van der Waals surface area contributed by atoms with Crippen LogP contribution in [0.5, 0.6) is 0 Å². The Morgan fingerprint density at radius 2 is 2.21 bits per heavy atom. The van der Waals surface area contributed by atoms with E-state index in [1.54, 1.807) is 38.2 Å². The molecule has 1 saturated heterocycles. The third-order valence-electron chi connectivity index (χ3n) is 4.07. The summed E-state index contributed by atoms with van der Waals surface area (Å²) in [4.78, 5) is 4.21. The largest absolute Gasteiger partial charge is 0.441 e. The summed E-state index contributed by atoms with van der Waals surface area (Å²) in [7, 11) is -3.69. The summed E-state index contributed by atoms with van der Waals surface area (Å²) in [6.45, 7) is 3.89. The molecule has 0 unspecified atom stereocenters. The van der Waals surface area contributed by atoms with Crippen LogP contribution in [-0.4, -0.2) is 38.7 Å². The molecule has 2 heterocycles. The Bertz CT molecular complexity index is 835. The molecule has 1 aromatic carbocycles. The van der Waals surface area contributed by atoms with Gasteiger partial charge in [-0.3, -0.25) is 0 Å². The highest BCUT2D eigenvalue weighted by Gasteiger charge is 2.26. The summed E-state index contributed by atoms with van der Waals surface area (Å²) in [5, 5.41) is 2.96. The Morgan fingerprint density at radius 3 is 2.83 bits per heavy atom. The van der Waals surface area contributed by atoms with Crippen molar-refractivity contribution in [2.75, 3.05) is 13.1 Å². The Labute approximate surface area is 140 Å². The molecule has 1 aromatic heterocycles. The molecular weight excluding hydrogens is 333 g/mol. The molecule has 0 saturated carbocycles. The number of halogens is 1. The van der Waals surface area contributed by atoms with Crippen molar-refractivity contribution in [2.24, 2.45) is 0 Å². The molecule has 0 spiro atoms. The molecular formula is C16H20FN3O3S. The molecule has 0 radical (unpaired) electrons. The standard InChI is InChI=1S/C16H20FN3O3S/c1-10-3-4-12(15-9-18-11(2)23-15)5-16(10)24(21,22)20-8-14-6-13(17)7-19-14/h3-5,9,13-14,19-20H,6-8H2,1-2H3/t13-,14-/m0/s1. The minimum atomic E-state index is -3.69. The number of aromatic nitrogens is 1. The molecule has 24 heavy (non-hydrogen) atoms. The van der Waals surface area contributed by atoms with Gasteiger partial charge in [0.1, 0.15) is 6.17 Å². The van der Waals surface area contributed by atoms with Crippen LogP contribution in [-0.2, 0) is 10.0 Å². The molecule has 0 aliphatic carbocycles. The Morgan fingerprint density at radius 1 is 1.42 bits per heavy atom. The molecule has 2 atom stereocenters. The molecule has 130 valence electrons. The van der Waals surface area contributed by atoms with Gasteiger partial charge in [0.2, 0.25) is 10.0 Å². The topological polar surface area (TPSA) is 84.2 Å². The van der Waals surface area contributed by atoms with Gasteiger partial charge in [-0.25, -0.2) is 22.5 Å². The number of benzene rings is 1. The fourth-order valence-corrected chi connectivity index (χ4v) is 4.10. The molecule has 3 rings (SSSR count). The second kappa shape index (κ2) is 6.62. The van der Waals surface area contributed by atoms with E-state index in [1.165, 1.54) is 0 Å². The van der Waals surface area contributed by atoms with Crippen LogP contribution in [0.2, 0.25) is 0 Å². The number of aryl methyl sites for hydroxylation is 2. The maximum atomic E-state index is 13.2. The van der Waals surface area contributed by atoms with E-state index in [0.717, 1.165) is 0 Å². The smallest absolute Gasteiger partial charge is 0.240 e. The van der Waals surface area contributed by atoms with Crippen molar-refractivity contribution in [3.8, 4) is 11.3 Å². The van der Waals surface area contributed by atoms with Gasteiger partial charge in [-0.1, -0.05) is 12.1 Å². The second-order valence-electron chi connectivity index (χ2n) is 6.01. The summed E-state index contributed by atoms with van der Waals surface area (Å²) in [5.41, 5.74) is 1.27. The minimum Gasteiger partial charge on any atom is -0.441 e. The molecule has 2 N–H and O–H groups in total. The molecule has 2 aromatic rings. The van der Waals surface area contributed by atoms with Gasteiger partial charge in [0, 0.05) is 31.6 Å². The first-order valence-corrected chi connectivity index (χ1v) is 9.24. The van der Waals surface area contributed by atoms with Gasteiger partial charge >= 0.3 is 0 Å². The van der Waals surface area contributed by atoms with Crippen LogP contribution in [0.1, 0.15) is 17.9 Å². The molecule has 1 fully saturated rings. The zero-order valence-corrected chi connectivity index (χ0v) is 14.4. The zero-order chi connectivity index (χ0) is 17.3. The van der Waals surface area contributed by atoms with E-state index in [9.17, 15) is 12.8 Å². The highest BCUT2D eigenvalue weighted by molar-refractivity contribution is 7.89. The first-order valence-electron chi connectivity index (χ1n) is 7.76. The highest BCUT2D eigenvalue weighted by atomic mass is 32.2. The van der Waals surface area contributed by atoms with Crippen LogP contribution in [0.15, 0.2) is 33.7 Å². The van der Waals surface area contributed by atoms with E-state index < -0.39 is 16.2 Å². The summed E-state index contributed by atoms with van der Waals surface area (Å²) < 4.78 is 46.4. The SMILES string of the molecule is Cc1ncc(-c2ccc(C)c(S(=O)(=O)NC[C@@H]3C[C@H](F)CN3)c2)o1. The minimum absolute atomic E-state index is 0.161. The summed E-state index contributed by atoms with van der Waals surface area (Å²) in [5.74, 6) is 1.03. The maximum absolute atomic E-state index is 13.2. The molecule has 1 aliphatic rings. The van der Waals surface area contributed by atoms with Crippen molar-refractivity contribution in [1.29, 1.82) is 0 Å². The summed E-state index contributed by atoms with van der Waals surface area (Å²) in [6.07, 6.45) is 0.964. The van der Waals surface area contributed by atoms with Crippen LogP contribution in [0.3, 0.4) is 0 Å². The molecule has 6 nitrogen and oxygen atoms in total. The van der Waals surface area contributed by atoms with Gasteiger partial charge in [0.05, 0.1) is 11.1 Å². The van der Waals surface area contributed by atoms with E-state index in [4.69, 9.17) is 4.42 Å². The fourth-order valence-electron chi connectivity index (χ4n) is 2.75. The number of nitrogens with one attached hydrogen (secondary N) is 2. The lowest BCUT2D eigenvalue weighted by Gasteiger charge is -2.14. The third-order valence-corrected chi connectivity index (χ3v) is 5.64. The van der Waals surface area contributed by atoms with Crippen molar-refractivity contribution in [3.63, 3.8) is 0 Å². The number of hydrogen-bond donors (Lipinski definition) is 2. The van der Waals surface area contributed by atoms with E-state index in [-0.39, 0.29) is 24.0 Å². The Kier molecular flexibility index (Phi) is 4.71. The molecule has 1 aliphatic heterocycles. The average Bonchev–Trinajstić information content (AvgIpc) is 3.14. The van der Waals surface area contributed by atoms with Crippen LogP contribution in [0.25, 0.3) is 11.3 Å². The fraction of sp³-hybridized carbons (Fsp3) is 0.438. The molecule has 0 bridgehead atoms. The van der Waals surface area contributed by atoms with E-state index in [2.05, 4.69) is 15.0 Å². The van der Waals surface area contributed by atoms with E-state index >= 15 is 0 Å². The quantitative estimate of drug-likeness (QED) is 0.858. The first kappa shape index (κ1) is 17.1. The lowest BCUT2D eigenvalue weighted by Crippen LogP contribution is -2.37. The third kappa shape index (κ3) is 3.66. The number of oxazole rings is 1. The number of hydrogen-bond acceptors (Lipinski definition) is 5. The van der Waals surface area contributed by atoms with Gasteiger partial charge in [-0.05, 0) is 25.0 Å². The monoisotopic (exact) mass is 353 g/mol. The second-order valence-corrected chi connectivity index (χ2v) is 7.75. The summed E-state index contributed by atoms with van der Waals surface area (Å²) in [6, 6.07) is 4.90. The van der Waals surface area contributed by atoms with E-state index in [0.29, 0.717) is 29.2 Å². The number of rotatable bonds is 5. The number of alkyl halides is 1. The predicted molar refractivity (Wildman–Crippen MR) is 87.9 cm³/mol. The van der Waals surface area contributed by atoms with Crippen molar-refractivity contribution in [2.45, 2.75) is 37.4 Å². The first-order chi connectivity index (χ1) is 11.3. The Hall–Kier alpha value is -1.77. The van der Waals surface area contributed by atoms with Crippen LogP contribution < -0.4 is 10.0 Å². The zero-order valence-electron chi connectivity index (χ0n) is 13.5. The van der Waals surface area contributed by atoms with Crippen LogP contribution in [0, 0.1) is 13.8 Å². The van der Waals surface area contributed by atoms with Crippen molar-refractivity contribution < 1.29 is 17.2 Å². The van der Waals surface area contributed by atoms with Gasteiger partial charge in [0.15, 0.2) is 11.7 Å². The highest BCUT2D eigenvalue weighted by Crippen LogP contribution is 2.25. The predicted octanol–water partition coefficient (Wildman–Crippen LogP) is 1.94. The van der Waals surface area contributed by atoms with Crippen molar-refractivity contribution >= 4 is 10.0 Å². The average molecular weight is 353 g/mol. The Balaban J connectivity index is 1.81. The van der Waals surface area contributed by atoms with E-state index in [1.807, 2.05) is 0 Å².